The lowest BCUT2D eigenvalue weighted by atomic mass is 10.1. The number of anilines is 1. The van der Waals surface area contributed by atoms with Gasteiger partial charge < -0.3 is 14.6 Å². The molecule has 38 heavy (non-hydrogen) atoms. The van der Waals surface area contributed by atoms with Crippen molar-refractivity contribution in [1.82, 2.24) is 5.32 Å². The Balaban J connectivity index is 1.62. The molecule has 0 atom stereocenters. The Kier molecular flexibility index (Phi) is 8.13. The van der Waals surface area contributed by atoms with Gasteiger partial charge in [0.15, 0.2) is 11.5 Å². The highest BCUT2D eigenvalue weighted by Crippen LogP contribution is 2.38. The van der Waals surface area contributed by atoms with Crippen LogP contribution >= 0.6 is 27.5 Å². The topological polar surface area (TPSA) is 122 Å². The summed E-state index contributed by atoms with van der Waals surface area (Å²) < 4.78 is 12.2. The van der Waals surface area contributed by atoms with E-state index >= 15 is 0 Å². The van der Waals surface area contributed by atoms with Crippen LogP contribution in [0.2, 0.25) is 5.02 Å². The highest BCUT2D eigenvalue weighted by molar-refractivity contribution is 9.10. The van der Waals surface area contributed by atoms with E-state index in [-0.39, 0.29) is 23.4 Å². The predicted molar refractivity (Wildman–Crippen MR) is 143 cm³/mol. The number of carbonyl (C=O) groups is 4. The van der Waals surface area contributed by atoms with Crippen molar-refractivity contribution in [3.05, 3.63) is 92.4 Å². The third kappa shape index (κ3) is 5.87. The molecular formula is C27H20BrClN2O7. The number of barbiturate groups is 1. The van der Waals surface area contributed by atoms with Crippen molar-refractivity contribution >= 4 is 63.1 Å². The second-order valence-corrected chi connectivity index (χ2v) is 9.28. The molecule has 9 nitrogen and oxygen atoms in total. The minimum absolute atomic E-state index is 0.137. The molecule has 1 saturated heterocycles. The number of aromatic carboxylic acids is 1. The number of ether oxygens (including phenoxy) is 2. The first-order valence-corrected chi connectivity index (χ1v) is 12.4. The highest BCUT2D eigenvalue weighted by atomic mass is 79.9. The zero-order valence-electron chi connectivity index (χ0n) is 19.9. The molecule has 4 amide bonds. The molecule has 0 radical (unpaired) electrons. The largest absolute Gasteiger partial charge is 0.490 e. The van der Waals surface area contributed by atoms with Gasteiger partial charge in [0, 0.05) is 5.02 Å². The molecule has 194 valence electrons. The quantitative estimate of drug-likeness (QED) is 0.261. The van der Waals surface area contributed by atoms with Crippen LogP contribution in [0.15, 0.2) is 70.7 Å². The number of hydrogen-bond acceptors (Lipinski definition) is 6. The summed E-state index contributed by atoms with van der Waals surface area (Å²) in [6.45, 7) is 2.24. The molecule has 11 heteroatoms. The van der Waals surface area contributed by atoms with Crippen molar-refractivity contribution in [1.29, 1.82) is 0 Å². The molecule has 0 unspecified atom stereocenters. The third-order valence-electron chi connectivity index (χ3n) is 5.41. The molecule has 0 saturated carbocycles. The number of rotatable bonds is 8. The van der Waals surface area contributed by atoms with Crippen LogP contribution in [0.3, 0.4) is 0 Å². The van der Waals surface area contributed by atoms with Crippen LogP contribution in [0.1, 0.15) is 28.4 Å². The van der Waals surface area contributed by atoms with Gasteiger partial charge in [-0.3, -0.25) is 14.9 Å². The van der Waals surface area contributed by atoms with Crippen LogP contribution < -0.4 is 19.7 Å². The van der Waals surface area contributed by atoms with Gasteiger partial charge in [0.05, 0.1) is 22.3 Å². The van der Waals surface area contributed by atoms with Crippen LogP contribution in [0.5, 0.6) is 11.5 Å². The first-order valence-electron chi connectivity index (χ1n) is 11.3. The summed E-state index contributed by atoms with van der Waals surface area (Å²) in [5.41, 5.74) is 1.36. The van der Waals surface area contributed by atoms with Crippen molar-refractivity contribution in [3.63, 3.8) is 0 Å². The van der Waals surface area contributed by atoms with Crippen molar-refractivity contribution in [2.24, 2.45) is 0 Å². The van der Waals surface area contributed by atoms with Crippen molar-refractivity contribution in [2.75, 3.05) is 11.5 Å². The number of hydrogen-bond donors (Lipinski definition) is 2. The van der Waals surface area contributed by atoms with E-state index in [9.17, 15) is 19.2 Å². The van der Waals surface area contributed by atoms with Crippen LogP contribution in [-0.2, 0) is 16.2 Å². The van der Waals surface area contributed by atoms with Crippen molar-refractivity contribution in [3.8, 4) is 11.5 Å². The van der Waals surface area contributed by atoms with Crippen LogP contribution in [-0.4, -0.2) is 35.5 Å². The van der Waals surface area contributed by atoms with Crippen molar-refractivity contribution in [2.45, 2.75) is 13.5 Å². The number of carbonyl (C=O) groups excluding carboxylic acids is 3. The highest BCUT2D eigenvalue weighted by Gasteiger charge is 2.36. The van der Waals surface area contributed by atoms with Gasteiger partial charge in [-0.15, -0.1) is 0 Å². The number of carboxylic acids is 1. The van der Waals surface area contributed by atoms with Crippen molar-refractivity contribution < 1.29 is 33.8 Å². The second-order valence-electron chi connectivity index (χ2n) is 7.99. The van der Waals surface area contributed by atoms with Crippen LogP contribution in [0, 0.1) is 0 Å². The minimum atomic E-state index is -1.02. The Hall–Kier alpha value is -4.15. The van der Waals surface area contributed by atoms with Gasteiger partial charge in [-0.1, -0.05) is 23.7 Å². The van der Waals surface area contributed by atoms with Gasteiger partial charge >= 0.3 is 12.0 Å². The van der Waals surface area contributed by atoms with E-state index in [0.717, 1.165) is 10.5 Å². The molecule has 1 fully saturated rings. The molecule has 0 aromatic heterocycles. The maximum Gasteiger partial charge on any atom is 0.335 e. The number of amides is 4. The maximum absolute atomic E-state index is 13.2. The SMILES string of the molecule is CCOc1cc(/C=C2\C(=O)NC(=O)N(c3ccc(Cl)cc3)C2=O)cc(Br)c1OCc1ccc(C(=O)O)cc1. The van der Waals surface area contributed by atoms with E-state index < -0.39 is 23.8 Å². The molecule has 2 N–H and O–H groups in total. The average Bonchev–Trinajstić information content (AvgIpc) is 2.87. The molecular weight excluding hydrogens is 580 g/mol. The Morgan fingerprint density at radius 1 is 1.05 bits per heavy atom. The molecule has 4 rings (SSSR count). The standard InChI is InChI=1S/C27H20BrClN2O7/c1-2-37-22-13-16(12-21(28)23(22)38-14-15-3-5-17(6-4-15)26(34)35)11-20-24(32)30-27(36)31(25(20)33)19-9-7-18(29)8-10-19/h3-13H,2,14H2,1H3,(H,34,35)(H,30,32,36)/b20-11+. The third-order valence-corrected chi connectivity index (χ3v) is 6.25. The molecule has 1 aliphatic heterocycles. The van der Waals surface area contributed by atoms with E-state index in [4.69, 9.17) is 26.2 Å². The Bertz CT molecular complexity index is 1450. The zero-order valence-corrected chi connectivity index (χ0v) is 22.2. The summed E-state index contributed by atoms with van der Waals surface area (Å²) in [5, 5.41) is 11.7. The molecule has 1 heterocycles. The number of nitrogens with one attached hydrogen (secondary N) is 1. The average molecular weight is 600 g/mol. The van der Waals surface area contributed by atoms with Crippen LogP contribution in [0.4, 0.5) is 10.5 Å². The second kappa shape index (κ2) is 11.5. The summed E-state index contributed by atoms with van der Waals surface area (Å²) >= 11 is 9.37. The van der Waals surface area contributed by atoms with E-state index in [0.29, 0.717) is 33.2 Å². The minimum Gasteiger partial charge on any atom is -0.490 e. The van der Waals surface area contributed by atoms with Gasteiger partial charge in [-0.25, -0.2) is 14.5 Å². The molecule has 3 aromatic carbocycles. The Morgan fingerprint density at radius 3 is 2.37 bits per heavy atom. The fraction of sp³-hybridized carbons (Fsp3) is 0.111. The lowest BCUT2D eigenvalue weighted by Gasteiger charge is -2.26. The summed E-state index contributed by atoms with van der Waals surface area (Å²) in [6.07, 6.45) is 1.36. The summed E-state index contributed by atoms with van der Waals surface area (Å²) in [4.78, 5) is 50.1. The fourth-order valence-corrected chi connectivity index (χ4v) is 4.32. The number of benzene rings is 3. The van der Waals surface area contributed by atoms with Gasteiger partial charge in [0.2, 0.25) is 0 Å². The Morgan fingerprint density at radius 2 is 1.74 bits per heavy atom. The van der Waals surface area contributed by atoms with Gasteiger partial charge in [-0.2, -0.15) is 0 Å². The number of halogens is 2. The molecule has 3 aromatic rings. The van der Waals surface area contributed by atoms with E-state index in [1.807, 2.05) is 0 Å². The number of imide groups is 2. The number of urea groups is 1. The maximum atomic E-state index is 13.2. The smallest absolute Gasteiger partial charge is 0.335 e. The van der Waals surface area contributed by atoms with Gasteiger partial charge in [-0.05, 0) is 88.6 Å². The monoisotopic (exact) mass is 598 g/mol. The van der Waals surface area contributed by atoms with Gasteiger partial charge in [0.25, 0.3) is 11.8 Å². The molecule has 0 bridgehead atoms. The van der Waals surface area contributed by atoms with Gasteiger partial charge in [0.1, 0.15) is 12.2 Å². The first-order chi connectivity index (χ1) is 18.2. The normalized spacial score (nSPS) is 14.4. The molecule has 0 aliphatic carbocycles. The summed E-state index contributed by atoms with van der Waals surface area (Å²) in [5.74, 6) is -1.90. The first kappa shape index (κ1) is 26.9. The fourth-order valence-electron chi connectivity index (χ4n) is 3.62. The Labute approximate surface area is 230 Å². The summed E-state index contributed by atoms with van der Waals surface area (Å²) in [7, 11) is 0. The number of nitrogens with zero attached hydrogens (tertiary/aromatic N) is 1. The molecule has 1 aliphatic rings. The summed E-state index contributed by atoms with van der Waals surface area (Å²) in [6, 6.07) is 14.7. The molecule has 0 spiro atoms. The predicted octanol–water partition coefficient (Wildman–Crippen LogP) is 5.44. The lowest BCUT2D eigenvalue weighted by Crippen LogP contribution is -2.54. The number of carboxylic acid groups (broad SMARTS) is 1. The van der Waals surface area contributed by atoms with E-state index in [2.05, 4.69) is 21.2 Å². The lowest BCUT2D eigenvalue weighted by molar-refractivity contribution is -0.122. The zero-order chi connectivity index (χ0) is 27.4. The van der Waals surface area contributed by atoms with E-state index in [1.54, 1.807) is 31.2 Å². The van der Waals surface area contributed by atoms with E-state index in [1.165, 1.54) is 42.5 Å². The van der Waals surface area contributed by atoms with Crippen LogP contribution in [0.25, 0.3) is 6.08 Å².